The molecule has 2 aliphatic rings. The lowest BCUT2D eigenvalue weighted by Crippen LogP contribution is -2.53. The molecule has 2 nitrogen and oxygen atoms in total. The van der Waals surface area contributed by atoms with Gasteiger partial charge < -0.3 is 17.7 Å². The summed E-state index contributed by atoms with van der Waals surface area (Å²) in [7, 11) is 0. The predicted molar refractivity (Wildman–Crippen MR) is 61.8 cm³/mol. The molecular formula is C11H18BF3NO-. The molecule has 1 aliphatic heterocycles. The predicted octanol–water partition coefficient (Wildman–Crippen LogP) is 2.57. The van der Waals surface area contributed by atoms with Crippen LogP contribution < -0.4 is 0 Å². The van der Waals surface area contributed by atoms with Crippen LogP contribution in [0.15, 0.2) is 12.1 Å². The third-order valence-electron chi connectivity index (χ3n) is 3.72. The van der Waals surface area contributed by atoms with Crippen molar-refractivity contribution in [1.82, 2.24) is 4.90 Å². The molecule has 0 aromatic rings. The van der Waals surface area contributed by atoms with Crippen LogP contribution in [0.3, 0.4) is 0 Å². The number of hydrogen-bond donors (Lipinski definition) is 0. The molecule has 0 bridgehead atoms. The Morgan fingerprint density at radius 2 is 2.00 bits per heavy atom. The molecule has 1 saturated heterocycles. The monoisotopic (exact) mass is 248 g/mol. The van der Waals surface area contributed by atoms with Gasteiger partial charge in [-0.15, -0.1) is 12.1 Å². The molecule has 2 rings (SSSR count). The first-order valence-electron chi connectivity index (χ1n) is 6.22. The van der Waals surface area contributed by atoms with E-state index in [9.17, 15) is 12.9 Å². The van der Waals surface area contributed by atoms with Crippen molar-refractivity contribution in [3.05, 3.63) is 12.1 Å². The van der Waals surface area contributed by atoms with Gasteiger partial charge in [0.2, 0.25) is 0 Å². The van der Waals surface area contributed by atoms with Crippen LogP contribution in [0.5, 0.6) is 0 Å². The molecule has 2 atom stereocenters. The average molecular weight is 248 g/mol. The normalized spacial score (nSPS) is 31.0. The van der Waals surface area contributed by atoms with Crippen molar-refractivity contribution in [2.45, 2.75) is 37.8 Å². The molecule has 0 aromatic carbocycles. The van der Waals surface area contributed by atoms with Crippen LogP contribution in [0.4, 0.5) is 12.9 Å². The second-order valence-corrected chi connectivity index (χ2v) is 4.96. The summed E-state index contributed by atoms with van der Waals surface area (Å²) in [5.74, 6) is 0. The molecule has 1 aliphatic carbocycles. The van der Waals surface area contributed by atoms with Crippen molar-refractivity contribution in [3.63, 3.8) is 0 Å². The Balaban J connectivity index is 1.97. The smallest absolute Gasteiger partial charge is 0.445 e. The highest BCUT2D eigenvalue weighted by molar-refractivity contribution is 6.66. The average Bonchev–Trinajstić information content (AvgIpc) is 2.28. The molecule has 0 amide bonds. The van der Waals surface area contributed by atoms with E-state index in [0.717, 1.165) is 25.7 Å². The van der Waals surface area contributed by atoms with E-state index in [1.807, 2.05) is 4.90 Å². The first-order chi connectivity index (χ1) is 7.98. The summed E-state index contributed by atoms with van der Waals surface area (Å²) in [5, 5.41) is 0. The van der Waals surface area contributed by atoms with Crippen molar-refractivity contribution in [1.29, 1.82) is 0 Å². The van der Waals surface area contributed by atoms with Gasteiger partial charge in [-0.25, -0.2) is 0 Å². The van der Waals surface area contributed by atoms with Crippen molar-refractivity contribution in [2.75, 3.05) is 19.7 Å². The zero-order chi connectivity index (χ0) is 12.5. The van der Waals surface area contributed by atoms with Crippen LogP contribution in [0.25, 0.3) is 0 Å². The number of rotatable bonds is 3. The second-order valence-electron chi connectivity index (χ2n) is 4.96. The molecule has 6 heteroatoms. The molecule has 2 unspecified atom stereocenters. The van der Waals surface area contributed by atoms with E-state index in [2.05, 4.69) is 6.58 Å². The van der Waals surface area contributed by atoms with Crippen molar-refractivity contribution >= 4 is 6.98 Å². The van der Waals surface area contributed by atoms with E-state index in [-0.39, 0.29) is 18.7 Å². The summed E-state index contributed by atoms with van der Waals surface area (Å²) in [6, 6.07) is 0.160. The molecule has 0 spiro atoms. The number of fused-ring (bicyclic) bond motifs is 1. The summed E-state index contributed by atoms with van der Waals surface area (Å²) >= 11 is 0. The molecular weight excluding hydrogens is 230 g/mol. The summed E-state index contributed by atoms with van der Waals surface area (Å²) in [6.45, 7) is -0.646. The number of nitrogens with zero attached hydrogens (tertiary/aromatic N) is 1. The fourth-order valence-corrected chi connectivity index (χ4v) is 2.74. The molecule has 1 saturated carbocycles. The minimum atomic E-state index is -4.91. The Morgan fingerprint density at radius 1 is 1.29 bits per heavy atom. The Labute approximate surface area is 99.9 Å². The summed E-state index contributed by atoms with van der Waals surface area (Å²) in [5.41, 5.74) is -0.587. The van der Waals surface area contributed by atoms with E-state index in [4.69, 9.17) is 4.74 Å². The minimum Gasteiger partial charge on any atom is -0.445 e. The zero-order valence-electron chi connectivity index (χ0n) is 9.88. The Morgan fingerprint density at radius 3 is 2.71 bits per heavy atom. The van der Waals surface area contributed by atoms with Gasteiger partial charge in [0.25, 0.3) is 0 Å². The van der Waals surface area contributed by atoms with Crippen LogP contribution in [0.1, 0.15) is 25.7 Å². The molecule has 0 radical (unpaired) electrons. The van der Waals surface area contributed by atoms with Gasteiger partial charge in [0.05, 0.1) is 12.7 Å². The van der Waals surface area contributed by atoms with Crippen LogP contribution in [0.2, 0.25) is 0 Å². The summed E-state index contributed by atoms with van der Waals surface area (Å²) in [6.07, 6.45) is 4.27. The summed E-state index contributed by atoms with van der Waals surface area (Å²) in [4.78, 5) is 1.91. The van der Waals surface area contributed by atoms with Gasteiger partial charge in [-0.05, 0) is 19.4 Å². The Bertz CT molecular complexity index is 293. The van der Waals surface area contributed by atoms with E-state index in [0.29, 0.717) is 13.2 Å². The molecule has 17 heavy (non-hydrogen) atoms. The summed E-state index contributed by atoms with van der Waals surface area (Å²) < 4.78 is 43.2. The van der Waals surface area contributed by atoms with Gasteiger partial charge in [0.1, 0.15) is 0 Å². The first-order valence-corrected chi connectivity index (χ1v) is 6.22. The molecule has 2 fully saturated rings. The SMILES string of the molecule is C=C(CN1CCOC2CCCCC21)[B-](F)(F)F. The Kier molecular flexibility index (Phi) is 3.83. The number of morpholine rings is 1. The third-order valence-corrected chi connectivity index (χ3v) is 3.72. The van der Waals surface area contributed by atoms with Gasteiger partial charge in [-0.1, -0.05) is 12.8 Å². The number of ether oxygens (including phenoxy) is 1. The van der Waals surface area contributed by atoms with E-state index < -0.39 is 12.4 Å². The van der Waals surface area contributed by atoms with Crippen molar-refractivity contribution < 1.29 is 17.7 Å². The highest BCUT2D eigenvalue weighted by atomic mass is 19.4. The number of hydrogen-bond acceptors (Lipinski definition) is 2. The van der Waals surface area contributed by atoms with Crippen LogP contribution in [-0.4, -0.2) is 43.7 Å². The lowest BCUT2D eigenvalue weighted by Gasteiger charge is -2.45. The quantitative estimate of drug-likeness (QED) is 0.711. The molecule has 0 N–H and O–H groups in total. The lowest BCUT2D eigenvalue weighted by atomic mass is 9.79. The van der Waals surface area contributed by atoms with Crippen molar-refractivity contribution in [3.8, 4) is 0 Å². The first kappa shape index (κ1) is 13.0. The van der Waals surface area contributed by atoms with Gasteiger partial charge in [-0.2, -0.15) is 0 Å². The molecule has 0 aromatic heterocycles. The highest BCUT2D eigenvalue weighted by Gasteiger charge is 2.36. The van der Waals surface area contributed by atoms with Crippen LogP contribution in [-0.2, 0) is 4.74 Å². The van der Waals surface area contributed by atoms with Crippen molar-refractivity contribution in [2.24, 2.45) is 0 Å². The van der Waals surface area contributed by atoms with Crippen LogP contribution in [0, 0.1) is 0 Å². The zero-order valence-corrected chi connectivity index (χ0v) is 9.88. The topological polar surface area (TPSA) is 12.5 Å². The molecule has 1 heterocycles. The van der Waals surface area contributed by atoms with Gasteiger partial charge in [-0.3, -0.25) is 4.90 Å². The van der Waals surface area contributed by atoms with Crippen LogP contribution >= 0.6 is 0 Å². The van der Waals surface area contributed by atoms with E-state index >= 15 is 0 Å². The Hall–Kier alpha value is -0.485. The highest BCUT2D eigenvalue weighted by Crippen LogP contribution is 2.30. The van der Waals surface area contributed by atoms with Gasteiger partial charge in [0, 0.05) is 12.6 Å². The standard InChI is InChI=1S/C11H18BF3NO/c1-9(12(13,14)15)8-16-6-7-17-11-5-3-2-4-10(11)16/h10-11H,1-8H2/q-1. The lowest BCUT2D eigenvalue weighted by molar-refractivity contribution is -0.0846. The second kappa shape index (κ2) is 5.02. The minimum absolute atomic E-state index is 0.0476. The fourth-order valence-electron chi connectivity index (χ4n) is 2.74. The maximum Gasteiger partial charge on any atom is 0.506 e. The van der Waals surface area contributed by atoms with E-state index in [1.54, 1.807) is 0 Å². The van der Waals surface area contributed by atoms with E-state index in [1.165, 1.54) is 0 Å². The molecule has 98 valence electrons. The van der Waals surface area contributed by atoms with Gasteiger partial charge >= 0.3 is 6.98 Å². The number of halogens is 3. The fraction of sp³-hybridized carbons (Fsp3) is 0.818. The largest absolute Gasteiger partial charge is 0.506 e. The maximum absolute atomic E-state index is 12.5. The third kappa shape index (κ3) is 3.04. The maximum atomic E-state index is 12.5. The van der Waals surface area contributed by atoms with Gasteiger partial charge in [0.15, 0.2) is 0 Å².